The van der Waals surface area contributed by atoms with Gasteiger partial charge >= 0.3 is 0 Å². The lowest BCUT2D eigenvalue weighted by atomic mass is 9.87. The van der Waals surface area contributed by atoms with Crippen molar-refractivity contribution in [1.29, 1.82) is 0 Å². The van der Waals surface area contributed by atoms with Crippen molar-refractivity contribution in [2.45, 2.75) is 44.6 Å². The summed E-state index contributed by atoms with van der Waals surface area (Å²) in [6, 6.07) is 17.8. The first-order chi connectivity index (χ1) is 16.5. The molecule has 0 aromatic heterocycles. The van der Waals surface area contributed by atoms with E-state index in [1.807, 2.05) is 48.5 Å². The third-order valence-corrected chi connectivity index (χ3v) is 6.71. The van der Waals surface area contributed by atoms with E-state index in [0.717, 1.165) is 24.2 Å². The molecular formula is C26H31N3O4S. The zero-order valence-corrected chi connectivity index (χ0v) is 20.1. The van der Waals surface area contributed by atoms with Crippen LogP contribution in [0.25, 0.3) is 0 Å². The summed E-state index contributed by atoms with van der Waals surface area (Å²) in [6.07, 6.45) is 2.85. The van der Waals surface area contributed by atoms with Crippen molar-refractivity contribution in [3.8, 4) is 0 Å². The summed E-state index contributed by atoms with van der Waals surface area (Å²) in [7, 11) is 0. The van der Waals surface area contributed by atoms with E-state index in [-0.39, 0.29) is 22.8 Å². The number of hydrogen-bond donors (Lipinski definition) is 3. The molecule has 2 aromatic carbocycles. The molecule has 1 heterocycles. The maximum Gasteiger partial charge on any atom is 0.246 e. The Morgan fingerprint density at radius 2 is 1.68 bits per heavy atom. The predicted molar refractivity (Wildman–Crippen MR) is 134 cm³/mol. The van der Waals surface area contributed by atoms with Crippen LogP contribution in [0, 0.1) is 5.92 Å². The topological polar surface area (TPSA) is 104 Å². The minimum Gasteiger partial charge on any atom is -0.355 e. The number of anilines is 1. The Morgan fingerprint density at radius 3 is 2.35 bits per heavy atom. The van der Waals surface area contributed by atoms with Crippen molar-refractivity contribution in [3.63, 3.8) is 0 Å². The summed E-state index contributed by atoms with van der Waals surface area (Å²) in [4.78, 5) is 49.9. The largest absolute Gasteiger partial charge is 0.355 e. The SMILES string of the molecule is CC(=O)SCCCCC[C@H](NC(=O)[C@@H]1C(=O)NC[C@H]1c1ccccc1)C(=O)Nc1ccccc1. The van der Waals surface area contributed by atoms with Gasteiger partial charge < -0.3 is 16.0 Å². The second-order valence-electron chi connectivity index (χ2n) is 8.35. The molecule has 1 saturated heterocycles. The van der Waals surface area contributed by atoms with Crippen LogP contribution in [0.2, 0.25) is 0 Å². The Morgan fingerprint density at radius 1 is 1.00 bits per heavy atom. The zero-order valence-electron chi connectivity index (χ0n) is 19.3. The van der Waals surface area contributed by atoms with Gasteiger partial charge in [-0.05, 0) is 30.5 Å². The standard InChI is InChI=1S/C26H31N3O4S/c1-18(30)34-16-10-4-9-15-22(24(31)28-20-13-7-3-8-14-20)29-26(33)23-21(17-27-25(23)32)19-11-5-2-6-12-19/h2-3,5-8,11-14,21-23H,4,9-10,15-17H2,1H3,(H,27,32)(H,28,31)(H,29,33)/t21-,22-,23-/m0/s1. The van der Waals surface area contributed by atoms with Gasteiger partial charge in [0.05, 0.1) is 0 Å². The lowest BCUT2D eigenvalue weighted by Crippen LogP contribution is -2.48. The number of thioether (sulfide) groups is 1. The average molecular weight is 482 g/mol. The highest BCUT2D eigenvalue weighted by Crippen LogP contribution is 2.29. The number of carbonyl (C=O) groups is 4. The van der Waals surface area contributed by atoms with E-state index in [4.69, 9.17) is 0 Å². The Bertz CT molecular complexity index is 984. The molecule has 1 aliphatic heterocycles. The number of benzene rings is 2. The first-order valence-corrected chi connectivity index (χ1v) is 12.6. The third kappa shape index (κ3) is 7.45. The second kappa shape index (κ2) is 12.9. The predicted octanol–water partition coefficient (Wildman–Crippen LogP) is 3.48. The normalized spacial score (nSPS) is 18.1. The highest BCUT2D eigenvalue weighted by atomic mass is 32.2. The molecule has 3 amide bonds. The van der Waals surface area contributed by atoms with Crippen LogP contribution < -0.4 is 16.0 Å². The average Bonchev–Trinajstić information content (AvgIpc) is 3.23. The van der Waals surface area contributed by atoms with Crippen LogP contribution in [-0.2, 0) is 19.2 Å². The molecule has 3 atom stereocenters. The highest BCUT2D eigenvalue weighted by molar-refractivity contribution is 8.13. The molecular weight excluding hydrogens is 450 g/mol. The van der Waals surface area contributed by atoms with Crippen molar-refractivity contribution in [3.05, 3.63) is 66.2 Å². The number of hydrogen-bond acceptors (Lipinski definition) is 5. The van der Waals surface area contributed by atoms with E-state index in [0.29, 0.717) is 25.1 Å². The van der Waals surface area contributed by atoms with E-state index in [2.05, 4.69) is 16.0 Å². The summed E-state index contributed by atoms with van der Waals surface area (Å²) in [5, 5.41) is 8.58. The van der Waals surface area contributed by atoms with E-state index in [9.17, 15) is 19.2 Å². The van der Waals surface area contributed by atoms with Crippen LogP contribution in [0.15, 0.2) is 60.7 Å². The second-order valence-corrected chi connectivity index (χ2v) is 9.62. The molecule has 0 unspecified atom stereocenters. The lowest BCUT2D eigenvalue weighted by Gasteiger charge is -2.22. The summed E-state index contributed by atoms with van der Waals surface area (Å²) in [6.45, 7) is 1.93. The fraction of sp³-hybridized carbons (Fsp3) is 0.385. The molecule has 0 saturated carbocycles. The van der Waals surface area contributed by atoms with Gasteiger partial charge in [0.1, 0.15) is 12.0 Å². The molecule has 0 radical (unpaired) electrons. The Hall–Kier alpha value is -3.13. The van der Waals surface area contributed by atoms with E-state index >= 15 is 0 Å². The van der Waals surface area contributed by atoms with Crippen LogP contribution in [0.3, 0.4) is 0 Å². The fourth-order valence-electron chi connectivity index (χ4n) is 4.06. The van der Waals surface area contributed by atoms with Crippen LogP contribution in [0.5, 0.6) is 0 Å². The van der Waals surface area contributed by atoms with Crippen molar-refractivity contribution in [1.82, 2.24) is 10.6 Å². The van der Waals surface area contributed by atoms with Gasteiger partial charge in [-0.3, -0.25) is 19.2 Å². The number of rotatable bonds is 11. The van der Waals surface area contributed by atoms with E-state index in [1.165, 1.54) is 11.8 Å². The van der Waals surface area contributed by atoms with Gasteiger partial charge in [-0.25, -0.2) is 0 Å². The molecule has 0 spiro atoms. The molecule has 0 bridgehead atoms. The summed E-state index contributed by atoms with van der Waals surface area (Å²) < 4.78 is 0. The number of nitrogens with one attached hydrogen (secondary N) is 3. The Balaban J connectivity index is 1.66. The van der Waals surface area contributed by atoms with Crippen LogP contribution in [-0.4, -0.2) is 41.2 Å². The van der Waals surface area contributed by atoms with Crippen LogP contribution in [0.4, 0.5) is 5.69 Å². The fourth-order valence-corrected chi connectivity index (χ4v) is 4.69. The minimum atomic E-state index is -0.888. The van der Waals surface area contributed by atoms with E-state index < -0.39 is 17.9 Å². The van der Waals surface area contributed by atoms with Crippen molar-refractivity contribution in [2.24, 2.45) is 5.92 Å². The smallest absolute Gasteiger partial charge is 0.246 e. The Labute approximate surface area is 204 Å². The number of para-hydroxylation sites is 1. The van der Waals surface area contributed by atoms with Gasteiger partial charge in [-0.1, -0.05) is 73.1 Å². The molecule has 3 rings (SSSR count). The molecule has 8 heteroatoms. The molecule has 3 N–H and O–H groups in total. The summed E-state index contributed by atoms with van der Waals surface area (Å²) in [5.41, 5.74) is 1.56. The summed E-state index contributed by atoms with van der Waals surface area (Å²) >= 11 is 1.29. The maximum atomic E-state index is 13.2. The van der Waals surface area contributed by atoms with Gasteiger partial charge in [0.25, 0.3) is 0 Å². The van der Waals surface area contributed by atoms with Crippen molar-refractivity contribution in [2.75, 3.05) is 17.6 Å². The maximum absolute atomic E-state index is 13.2. The Kier molecular flexibility index (Phi) is 9.70. The van der Waals surface area contributed by atoms with Gasteiger partial charge in [0.2, 0.25) is 17.7 Å². The quantitative estimate of drug-likeness (QED) is 0.337. The number of carbonyl (C=O) groups excluding carboxylic acids is 4. The van der Waals surface area contributed by atoms with Gasteiger partial charge in [-0.15, -0.1) is 0 Å². The lowest BCUT2D eigenvalue weighted by molar-refractivity contribution is -0.135. The molecule has 0 aliphatic carbocycles. The molecule has 7 nitrogen and oxygen atoms in total. The van der Waals surface area contributed by atoms with Crippen molar-refractivity contribution >= 4 is 40.3 Å². The van der Waals surface area contributed by atoms with E-state index in [1.54, 1.807) is 19.1 Å². The first kappa shape index (κ1) is 25.5. The molecule has 34 heavy (non-hydrogen) atoms. The van der Waals surface area contributed by atoms with Gasteiger partial charge in [0, 0.05) is 30.8 Å². The molecule has 1 aliphatic rings. The minimum absolute atomic E-state index is 0.0928. The summed E-state index contributed by atoms with van der Waals surface area (Å²) in [5.74, 6) is -1.51. The van der Waals surface area contributed by atoms with Gasteiger partial charge in [0.15, 0.2) is 5.12 Å². The molecule has 180 valence electrons. The molecule has 1 fully saturated rings. The van der Waals surface area contributed by atoms with Crippen molar-refractivity contribution < 1.29 is 19.2 Å². The number of unbranched alkanes of at least 4 members (excludes halogenated alkanes) is 2. The number of amides is 3. The van der Waals surface area contributed by atoms with Gasteiger partial charge in [-0.2, -0.15) is 0 Å². The first-order valence-electron chi connectivity index (χ1n) is 11.6. The van der Waals surface area contributed by atoms with Crippen LogP contribution >= 0.6 is 11.8 Å². The van der Waals surface area contributed by atoms with Crippen LogP contribution in [0.1, 0.15) is 44.1 Å². The zero-order chi connectivity index (χ0) is 24.3. The monoisotopic (exact) mass is 481 g/mol. The highest BCUT2D eigenvalue weighted by Gasteiger charge is 2.42. The third-order valence-electron chi connectivity index (χ3n) is 5.81. The molecule has 2 aromatic rings.